The molecular weight excluding hydrogens is 208 g/mol. The van der Waals surface area contributed by atoms with Gasteiger partial charge in [0.25, 0.3) is 0 Å². The molecule has 0 aromatic carbocycles. The Hall–Kier alpha value is -0.0800. The number of hydrogen-bond acceptors (Lipinski definition) is 2. The summed E-state index contributed by atoms with van der Waals surface area (Å²) < 4.78 is 0. The first-order valence-corrected chi connectivity index (χ1v) is 7.42. The van der Waals surface area contributed by atoms with Crippen molar-refractivity contribution in [1.29, 1.82) is 0 Å². The fourth-order valence-corrected chi connectivity index (χ4v) is 2.90. The van der Waals surface area contributed by atoms with Crippen molar-refractivity contribution in [2.75, 3.05) is 20.6 Å². The average molecular weight is 240 g/mol. The van der Waals surface area contributed by atoms with Crippen LogP contribution in [0, 0.1) is 5.92 Å². The summed E-state index contributed by atoms with van der Waals surface area (Å²) in [6.07, 6.45) is 8.22. The summed E-state index contributed by atoms with van der Waals surface area (Å²) >= 11 is 0. The first kappa shape index (κ1) is 15.0. The van der Waals surface area contributed by atoms with Crippen LogP contribution in [0.3, 0.4) is 0 Å². The van der Waals surface area contributed by atoms with Gasteiger partial charge in [0.2, 0.25) is 0 Å². The van der Waals surface area contributed by atoms with Crippen molar-refractivity contribution in [2.45, 2.75) is 70.9 Å². The Labute approximate surface area is 108 Å². The van der Waals surface area contributed by atoms with Gasteiger partial charge in [-0.15, -0.1) is 0 Å². The van der Waals surface area contributed by atoms with Gasteiger partial charge in [-0.25, -0.2) is 0 Å². The van der Waals surface area contributed by atoms with Gasteiger partial charge in [0, 0.05) is 18.1 Å². The highest BCUT2D eigenvalue weighted by molar-refractivity contribution is 4.93. The molecule has 0 aromatic heterocycles. The molecule has 2 atom stereocenters. The van der Waals surface area contributed by atoms with E-state index in [-0.39, 0.29) is 0 Å². The Morgan fingerprint density at radius 2 is 1.71 bits per heavy atom. The largest absolute Gasteiger partial charge is 0.312 e. The molecule has 0 amide bonds. The highest BCUT2D eigenvalue weighted by Crippen LogP contribution is 2.31. The zero-order valence-corrected chi connectivity index (χ0v) is 12.6. The number of likely N-dealkylation sites (N-methyl/N-ethyl adjacent to an activating group) is 1. The average Bonchev–Trinajstić information content (AvgIpc) is 2.35. The third-order valence-corrected chi connectivity index (χ3v) is 4.98. The Bertz CT molecular complexity index is 207. The lowest BCUT2D eigenvalue weighted by atomic mass is 9.80. The molecule has 0 aromatic rings. The van der Waals surface area contributed by atoms with E-state index in [2.05, 4.69) is 45.1 Å². The van der Waals surface area contributed by atoms with Crippen LogP contribution in [0.15, 0.2) is 0 Å². The number of rotatable bonds is 6. The molecule has 2 heteroatoms. The Kier molecular flexibility index (Phi) is 5.94. The Balaban J connectivity index is 2.50. The smallest absolute Gasteiger partial charge is 0.0327 e. The number of nitrogens with one attached hydrogen (secondary N) is 1. The molecule has 2 nitrogen and oxygen atoms in total. The van der Waals surface area contributed by atoms with E-state index >= 15 is 0 Å². The number of hydrogen-bond donors (Lipinski definition) is 1. The summed E-state index contributed by atoms with van der Waals surface area (Å²) in [5.41, 5.74) is 0.417. The van der Waals surface area contributed by atoms with Crippen molar-refractivity contribution in [3.63, 3.8) is 0 Å². The zero-order chi connectivity index (χ0) is 12.9. The molecule has 2 unspecified atom stereocenters. The minimum absolute atomic E-state index is 0.417. The molecule has 0 heterocycles. The molecule has 1 fully saturated rings. The number of nitrogens with zero attached hydrogens (tertiary/aromatic N) is 1. The lowest BCUT2D eigenvalue weighted by Gasteiger charge is -2.44. The van der Waals surface area contributed by atoms with Crippen LogP contribution in [-0.4, -0.2) is 37.1 Å². The molecule has 1 aliphatic carbocycles. The van der Waals surface area contributed by atoms with Crippen molar-refractivity contribution in [3.05, 3.63) is 0 Å². The van der Waals surface area contributed by atoms with Gasteiger partial charge in [0.1, 0.15) is 0 Å². The summed E-state index contributed by atoms with van der Waals surface area (Å²) in [5.74, 6) is 0.776. The van der Waals surface area contributed by atoms with Crippen molar-refractivity contribution in [3.8, 4) is 0 Å². The molecule has 0 bridgehead atoms. The summed E-state index contributed by atoms with van der Waals surface area (Å²) in [4.78, 5) is 2.46. The highest BCUT2D eigenvalue weighted by atomic mass is 15.2. The van der Waals surface area contributed by atoms with E-state index in [1.807, 2.05) is 0 Å². The highest BCUT2D eigenvalue weighted by Gasteiger charge is 2.34. The van der Waals surface area contributed by atoms with Crippen LogP contribution in [0.4, 0.5) is 0 Å². The van der Waals surface area contributed by atoms with E-state index in [1.165, 1.54) is 38.5 Å². The monoisotopic (exact) mass is 240 g/mol. The maximum atomic E-state index is 3.78. The van der Waals surface area contributed by atoms with Crippen LogP contribution < -0.4 is 5.32 Å². The quantitative estimate of drug-likeness (QED) is 0.766. The molecular formula is C15H32N2. The first-order valence-electron chi connectivity index (χ1n) is 7.42. The van der Waals surface area contributed by atoms with E-state index in [9.17, 15) is 0 Å². The van der Waals surface area contributed by atoms with Crippen LogP contribution >= 0.6 is 0 Å². The summed E-state index contributed by atoms with van der Waals surface area (Å²) in [7, 11) is 4.50. The van der Waals surface area contributed by atoms with E-state index in [0.29, 0.717) is 11.6 Å². The fourth-order valence-electron chi connectivity index (χ4n) is 2.90. The second kappa shape index (κ2) is 6.75. The SMILES string of the molecule is CCC(C)C(C)NCC1(N(C)C)CCCCC1. The Morgan fingerprint density at radius 3 is 2.18 bits per heavy atom. The molecule has 102 valence electrons. The fraction of sp³-hybridized carbons (Fsp3) is 1.00. The molecule has 0 saturated heterocycles. The first-order chi connectivity index (χ1) is 8.02. The van der Waals surface area contributed by atoms with Gasteiger partial charge in [-0.3, -0.25) is 0 Å². The van der Waals surface area contributed by atoms with Crippen molar-refractivity contribution >= 4 is 0 Å². The van der Waals surface area contributed by atoms with E-state index in [4.69, 9.17) is 0 Å². The molecule has 0 radical (unpaired) electrons. The van der Waals surface area contributed by atoms with Gasteiger partial charge in [0.05, 0.1) is 0 Å². The maximum absolute atomic E-state index is 3.78. The lowest BCUT2D eigenvalue weighted by Crippen LogP contribution is -2.54. The lowest BCUT2D eigenvalue weighted by molar-refractivity contribution is 0.0932. The van der Waals surface area contributed by atoms with Crippen LogP contribution in [0.1, 0.15) is 59.3 Å². The minimum Gasteiger partial charge on any atom is -0.312 e. The van der Waals surface area contributed by atoms with E-state index < -0.39 is 0 Å². The van der Waals surface area contributed by atoms with Gasteiger partial charge in [0.15, 0.2) is 0 Å². The van der Waals surface area contributed by atoms with Crippen molar-refractivity contribution < 1.29 is 0 Å². The topological polar surface area (TPSA) is 15.3 Å². The van der Waals surface area contributed by atoms with Crippen molar-refractivity contribution in [1.82, 2.24) is 10.2 Å². The summed E-state index contributed by atoms with van der Waals surface area (Å²) in [6, 6.07) is 0.638. The molecule has 17 heavy (non-hydrogen) atoms. The zero-order valence-electron chi connectivity index (χ0n) is 12.6. The van der Waals surface area contributed by atoms with Crippen LogP contribution in [0.5, 0.6) is 0 Å². The summed E-state index contributed by atoms with van der Waals surface area (Å²) in [5, 5.41) is 3.78. The predicted octanol–water partition coefficient (Wildman–Crippen LogP) is 3.28. The summed E-state index contributed by atoms with van der Waals surface area (Å²) in [6.45, 7) is 8.12. The van der Waals surface area contributed by atoms with Crippen LogP contribution in [0.2, 0.25) is 0 Å². The van der Waals surface area contributed by atoms with Gasteiger partial charge in [-0.1, -0.05) is 39.5 Å². The molecule has 1 rings (SSSR count). The predicted molar refractivity (Wildman–Crippen MR) is 76.4 cm³/mol. The van der Waals surface area contributed by atoms with Gasteiger partial charge >= 0.3 is 0 Å². The standard InChI is InChI=1S/C15H32N2/c1-6-13(2)14(3)16-12-15(17(4)5)10-8-7-9-11-15/h13-14,16H,6-12H2,1-5H3. The molecule has 0 aliphatic heterocycles. The maximum Gasteiger partial charge on any atom is 0.0327 e. The van der Waals surface area contributed by atoms with Gasteiger partial charge in [-0.2, -0.15) is 0 Å². The Morgan fingerprint density at radius 1 is 1.12 bits per heavy atom. The van der Waals surface area contributed by atoms with Crippen LogP contribution in [0.25, 0.3) is 0 Å². The molecule has 1 saturated carbocycles. The van der Waals surface area contributed by atoms with Crippen LogP contribution in [-0.2, 0) is 0 Å². The van der Waals surface area contributed by atoms with E-state index in [1.54, 1.807) is 0 Å². The normalized spacial score (nSPS) is 23.6. The third-order valence-electron chi connectivity index (χ3n) is 4.98. The molecule has 0 spiro atoms. The molecule has 1 N–H and O–H groups in total. The van der Waals surface area contributed by atoms with E-state index in [0.717, 1.165) is 12.5 Å². The minimum atomic E-state index is 0.417. The third kappa shape index (κ3) is 3.96. The second-order valence-corrected chi connectivity index (χ2v) is 6.23. The van der Waals surface area contributed by atoms with Crippen molar-refractivity contribution in [2.24, 2.45) is 5.92 Å². The molecule has 1 aliphatic rings. The second-order valence-electron chi connectivity index (χ2n) is 6.23. The van der Waals surface area contributed by atoms with Gasteiger partial charge < -0.3 is 10.2 Å². The van der Waals surface area contributed by atoms with Gasteiger partial charge in [-0.05, 0) is 39.8 Å².